The fourth-order valence-electron chi connectivity index (χ4n) is 1.21. The van der Waals surface area contributed by atoms with Crippen LogP contribution in [0.5, 0.6) is 0 Å². The average Bonchev–Trinajstić information content (AvgIpc) is 1.74. The molecule has 0 unspecified atom stereocenters. The largest absolute Gasteiger partial charge is 0.496 e. The third kappa shape index (κ3) is 1.96. The monoisotopic (exact) mass is 155 g/mol. The molecule has 0 amide bonds. The maximum atomic E-state index is 5.23. The molecule has 0 aromatic heterocycles. The number of rotatable bonds is 2. The summed E-state index contributed by atoms with van der Waals surface area (Å²) in [5, 5.41) is 0. The zero-order chi connectivity index (χ0) is 8.48. The second-order valence-corrected chi connectivity index (χ2v) is 4.00. The molecule has 2 heteroatoms. The van der Waals surface area contributed by atoms with E-state index in [1.54, 1.807) is 0 Å². The minimum Gasteiger partial charge on any atom is -0.496 e. The Hall–Kier alpha value is -0.500. The van der Waals surface area contributed by atoms with Crippen molar-refractivity contribution < 1.29 is 4.74 Å². The summed E-state index contributed by atoms with van der Waals surface area (Å²) in [4.78, 5) is 2.39. The summed E-state index contributed by atoms with van der Waals surface area (Å²) >= 11 is 0. The lowest BCUT2D eigenvalue weighted by Gasteiger charge is -2.46. The van der Waals surface area contributed by atoms with Gasteiger partial charge in [-0.1, -0.05) is 6.58 Å². The van der Waals surface area contributed by atoms with E-state index in [0.717, 1.165) is 13.1 Å². The van der Waals surface area contributed by atoms with Gasteiger partial charge in [-0.2, -0.15) is 0 Å². The Morgan fingerprint density at radius 1 is 1.45 bits per heavy atom. The van der Waals surface area contributed by atoms with E-state index < -0.39 is 0 Å². The lowest BCUT2D eigenvalue weighted by molar-refractivity contribution is -0.0551. The average molecular weight is 155 g/mol. The summed E-state index contributed by atoms with van der Waals surface area (Å²) in [6.07, 6.45) is 1.91. The number of ether oxygens (including phenoxy) is 1. The lowest BCUT2D eigenvalue weighted by Crippen LogP contribution is -2.59. The van der Waals surface area contributed by atoms with Crippen LogP contribution in [-0.4, -0.2) is 29.6 Å². The first-order valence-corrected chi connectivity index (χ1v) is 4.05. The smallest absolute Gasteiger partial charge is 0.123 e. The molecule has 0 aromatic carbocycles. The molecule has 0 saturated carbocycles. The van der Waals surface area contributed by atoms with Gasteiger partial charge in [0, 0.05) is 18.6 Å². The minimum absolute atomic E-state index is 0.293. The highest BCUT2D eigenvalue weighted by molar-refractivity contribution is 4.90. The molecule has 0 N–H and O–H groups in total. The molecule has 1 saturated heterocycles. The van der Waals surface area contributed by atoms with Crippen molar-refractivity contribution >= 4 is 0 Å². The van der Waals surface area contributed by atoms with Crippen LogP contribution in [0.2, 0.25) is 0 Å². The predicted octanol–water partition coefficient (Wildman–Crippen LogP) is 1.63. The molecular weight excluding hydrogens is 138 g/mol. The van der Waals surface area contributed by atoms with E-state index in [4.69, 9.17) is 4.74 Å². The van der Waals surface area contributed by atoms with Crippen molar-refractivity contribution in [1.29, 1.82) is 0 Å². The van der Waals surface area contributed by atoms with Crippen LogP contribution in [0.15, 0.2) is 12.8 Å². The Kier molecular flexibility index (Phi) is 2.23. The van der Waals surface area contributed by atoms with Crippen molar-refractivity contribution in [3.63, 3.8) is 0 Å². The van der Waals surface area contributed by atoms with E-state index in [-0.39, 0.29) is 0 Å². The topological polar surface area (TPSA) is 12.5 Å². The van der Waals surface area contributed by atoms with Crippen LogP contribution in [0.1, 0.15) is 20.8 Å². The fraction of sp³-hybridized carbons (Fsp3) is 0.778. The Balaban J connectivity index is 2.24. The summed E-state index contributed by atoms with van der Waals surface area (Å²) in [5.74, 6) is 0. The molecule has 1 rings (SSSR count). The van der Waals surface area contributed by atoms with E-state index in [1.165, 1.54) is 6.26 Å². The normalized spacial score (nSPS) is 21.0. The first-order valence-electron chi connectivity index (χ1n) is 4.05. The van der Waals surface area contributed by atoms with Gasteiger partial charge in [0.25, 0.3) is 0 Å². The lowest BCUT2D eigenvalue weighted by atomic mass is 9.99. The molecule has 0 atom stereocenters. The van der Waals surface area contributed by atoms with Gasteiger partial charge < -0.3 is 4.74 Å². The molecular formula is C9H17NO. The molecule has 1 aliphatic rings. The minimum atomic E-state index is 0.293. The first-order chi connectivity index (χ1) is 5.04. The highest BCUT2D eigenvalue weighted by Crippen LogP contribution is 2.22. The van der Waals surface area contributed by atoms with Crippen LogP contribution < -0.4 is 0 Å². The van der Waals surface area contributed by atoms with Crippen LogP contribution in [-0.2, 0) is 4.74 Å². The Bertz CT molecular complexity index is 142. The maximum absolute atomic E-state index is 5.23. The van der Waals surface area contributed by atoms with Crippen molar-refractivity contribution in [3.05, 3.63) is 12.8 Å². The number of nitrogens with zero attached hydrogens (tertiary/aromatic N) is 1. The standard InChI is InChI=1S/C9H17NO/c1-5-11-8-6-10(7-8)9(2,3)4/h5,8H,1,6-7H2,2-4H3. The van der Waals surface area contributed by atoms with Gasteiger partial charge in [-0.25, -0.2) is 0 Å². The molecule has 64 valence electrons. The molecule has 0 spiro atoms. The molecule has 11 heavy (non-hydrogen) atoms. The number of hydrogen-bond donors (Lipinski definition) is 0. The van der Waals surface area contributed by atoms with Crippen LogP contribution >= 0.6 is 0 Å². The molecule has 0 radical (unpaired) electrons. The molecule has 0 aliphatic carbocycles. The van der Waals surface area contributed by atoms with Crippen LogP contribution in [0.25, 0.3) is 0 Å². The third-order valence-electron chi connectivity index (χ3n) is 2.09. The van der Waals surface area contributed by atoms with Crippen LogP contribution in [0, 0.1) is 0 Å². The van der Waals surface area contributed by atoms with Crippen molar-refractivity contribution in [3.8, 4) is 0 Å². The second kappa shape index (κ2) is 2.86. The molecule has 1 fully saturated rings. The fourth-order valence-corrected chi connectivity index (χ4v) is 1.21. The maximum Gasteiger partial charge on any atom is 0.123 e. The Morgan fingerprint density at radius 2 is 2.00 bits per heavy atom. The zero-order valence-electron chi connectivity index (χ0n) is 7.63. The van der Waals surface area contributed by atoms with Crippen molar-refractivity contribution in [2.24, 2.45) is 0 Å². The molecule has 0 aromatic rings. The van der Waals surface area contributed by atoms with Gasteiger partial charge in [0.1, 0.15) is 6.10 Å². The summed E-state index contributed by atoms with van der Waals surface area (Å²) in [7, 11) is 0. The predicted molar refractivity (Wildman–Crippen MR) is 46.4 cm³/mol. The highest BCUT2D eigenvalue weighted by Gasteiger charge is 2.34. The quantitative estimate of drug-likeness (QED) is 0.562. The van der Waals surface area contributed by atoms with Crippen molar-refractivity contribution in [2.45, 2.75) is 32.4 Å². The van der Waals surface area contributed by atoms with Gasteiger partial charge in [0.2, 0.25) is 0 Å². The van der Waals surface area contributed by atoms with Gasteiger partial charge >= 0.3 is 0 Å². The first kappa shape index (κ1) is 8.60. The zero-order valence-corrected chi connectivity index (χ0v) is 7.63. The SMILES string of the molecule is C=COC1CN(C(C)(C)C)C1. The number of hydrogen-bond acceptors (Lipinski definition) is 2. The van der Waals surface area contributed by atoms with Gasteiger partial charge in [-0.05, 0) is 20.8 Å². The van der Waals surface area contributed by atoms with Gasteiger partial charge in [-0.3, -0.25) is 4.90 Å². The summed E-state index contributed by atoms with van der Waals surface area (Å²) in [6, 6.07) is 0. The van der Waals surface area contributed by atoms with E-state index in [0.29, 0.717) is 11.6 Å². The summed E-state index contributed by atoms with van der Waals surface area (Å²) < 4.78 is 5.23. The molecule has 2 nitrogen and oxygen atoms in total. The molecule has 0 bridgehead atoms. The van der Waals surface area contributed by atoms with Gasteiger partial charge in [0.15, 0.2) is 0 Å². The van der Waals surface area contributed by atoms with Gasteiger partial charge in [-0.15, -0.1) is 0 Å². The van der Waals surface area contributed by atoms with Crippen LogP contribution in [0.4, 0.5) is 0 Å². The second-order valence-electron chi connectivity index (χ2n) is 4.00. The summed E-state index contributed by atoms with van der Waals surface area (Å²) in [6.45, 7) is 12.3. The Morgan fingerprint density at radius 3 is 2.36 bits per heavy atom. The van der Waals surface area contributed by atoms with Gasteiger partial charge in [0.05, 0.1) is 6.26 Å². The summed E-state index contributed by atoms with van der Waals surface area (Å²) in [5.41, 5.74) is 0.293. The third-order valence-corrected chi connectivity index (χ3v) is 2.09. The Labute approximate surface area is 68.8 Å². The van der Waals surface area contributed by atoms with Crippen molar-refractivity contribution in [1.82, 2.24) is 4.90 Å². The van der Waals surface area contributed by atoms with Crippen molar-refractivity contribution in [2.75, 3.05) is 13.1 Å². The molecule has 1 aliphatic heterocycles. The van der Waals surface area contributed by atoms with E-state index in [9.17, 15) is 0 Å². The van der Waals surface area contributed by atoms with Crippen LogP contribution in [0.3, 0.4) is 0 Å². The van der Waals surface area contributed by atoms with E-state index in [1.807, 2.05) is 0 Å². The van der Waals surface area contributed by atoms with E-state index >= 15 is 0 Å². The molecule has 1 heterocycles. The number of likely N-dealkylation sites (tertiary alicyclic amines) is 1. The highest BCUT2D eigenvalue weighted by atomic mass is 16.5. The van der Waals surface area contributed by atoms with E-state index in [2.05, 4.69) is 32.3 Å².